The van der Waals surface area contributed by atoms with Crippen LogP contribution in [0.15, 0.2) is 12.1 Å². The Balaban J connectivity index is 2.01. The molecule has 21 heavy (non-hydrogen) atoms. The molecule has 1 aromatic rings. The minimum atomic E-state index is -1.23. The van der Waals surface area contributed by atoms with Gasteiger partial charge in [0, 0.05) is 23.7 Å². The first-order valence-electron chi connectivity index (χ1n) is 7.00. The van der Waals surface area contributed by atoms with Gasteiger partial charge in [0.1, 0.15) is 5.75 Å². The second-order valence-corrected chi connectivity index (χ2v) is 5.92. The number of ether oxygens (including phenoxy) is 2. The Morgan fingerprint density at radius 2 is 1.81 bits per heavy atom. The molecule has 0 saturated carbocycles. The van der Waals surface area contributed by atoms with Gasteiger partial charge in [0.05, 0.1) is 25.9 Å². The van der Waals surface area contributed by atoms with Gasteiger partial charge in [0.2, 0.25) is 0 Å². The molecule has 2 bridgehead atoms. The highest BCUT2D eigenvalue weighted by Crippen LogP contribution is 2.44. The molecule has 1 aromatic carbocycles. The van der Waals surface area contributed by atoms with Gasteiger partial charge < -0.3 is 14.6 Å². The second kappa shape index (κ2) is 5.19. The van der Waals surface area contributed by atoms with Gasteiger partial charge in [0.25, 0.3) is 0 Å². The number of aliphatic hydroxyl groups is 1. The highest BCUT2D eigenvalue weighted by atomic mass is 19.2. The predicted octanol–water partition coefficient (Wildman–Crippen LogP) is 1.65. The molecule has 2 fully saturated rings. The molecule has 0 aromatic heterocycles. The van der Waals surface area contributed by atoms with Crippen molar-refractivity contribution in [2.45, 2.75) is 30.5 Å². The molecule has 2 unspecified atom stereocenters. The quantitative estimate of drug-likeness (QED) is 0.902. The highest BCUT2D eigenvalue weighted by Gasteiger charge is 2.47. The molecule has 2 heterocycles. The minimum Gasteiger partial charge on any atom is -0.496 e. The van der Waals surface area contributed by atoms with Crippen molar-refractivity contribution >= 4 is 0 Å². The molecule has 4 nitrogen and oxygen atoms in total. The third-order valence-corrected chi connectivity index (χ3v) is 4.66. The molecule has 1 N–H and O–H groups in total. The lowest BCUT2D eigenvalue weighted by molar-refractivity contribution is -0.138. The van der Waals surface area contributed by atoms with E-state index in [9.17, 15) is 13.9 Å². The molecule has 0 aliphatic carbocycles. The Kier molecular flexibility index (Phi) is 3.63. The number of morpholine rings is 1. The topological polar surface area (TPSA) is 41.9 Å². The van der Waals surface area contributed by atoms with E-state index in [0.717, 1.165) is 12.1 Å². The molecule has 3 rings (SSSR count). The number of likely N-dealkylation sites (N-methyl/N-ethyl adjacent to an activating group) is 1. The van der Waals surface area contributed by atoms with Gasteiger partial charge in [-0.1, -0.05) is 0 Å². The fraction of sp³-hybridized carbons (Fsp3) is 0.600. The van der Waals surface area contributed by atoms with E-state index in [1.165, 1.54) is 7.11 Å². The fourth-order valence-corrected chi connectivity index (χ4v) is 3.42. The van der Waals surface area contributed by atoms with Gasteiger partial charge in [-0.05, 0) is 26.0 Å². The predicted molar refractivity (Wildman–Crippen MR) is 72.2 cm³/mol. The summed E-state index contributed by atoms with van der Waals surface area (Å²) in [6.07, 6.45) is 0.808. The van der Waals surface area contributed by atoms with Gasteiger partial charge >= 0.3 is 0 Å². The van der Waals surface area contributed by atoms with Crippen LogP contribution in [-0.4, -0.2) is 49.5 Å². The average Bonchev–Trinajstić information content (AvgIpc) is 2.43. The van der Waals surface area contributed by atoms with Crippen LogP contribution in [0.4, 0.5) is 8.78 Å². The molecule has 0 amide bonds. The van der Waals surface area contributed by atoms with Crippen LogP contribution in [0.3, 0.4) is 0 Å². The van der Waals surface area contributed by atoms with Crippen LogP contribution in [0.25, 0.3) is 0 Å². The molecule has 2 aliphatic rings. The second-order valence-electron chi connectivity index (χ2n) is 5.92. The van der Waals surface area contributed by atoms with E-state index in [0.29, 0.717) is 31.6 Å². The molecule has 6 heteroatoms. The van der Waals surface area contributed by atoms with Crippen molar-refractivity contribution < 1.29 is 23.4 Å². The number of fused-ring (bicyclic) bond motifs is 2. The number of piperidine rings is 1. The molecule has 2 saturated heterocycles. The first-order chi connectivity index (χ1) is 9.94. The Morgan fingerprint density at radius 3 is 2.38 bits per heavy atom. The zero-order chi connectivity index (χ0) is 15.2. The van der Waals surface area contributed by atoms with Crippen LogP contribution in [0, 0.1) is 11.6 Å². The molecule has 2 atom stereocenters. The summed E-state index contributed by atoms with van der Waals surface area (Å²) in [5, 5.41) is 11.0. The maximum absolute atomic E-state index is 13.6. The maximum Gasteiger partial charge on any atom is 0.162 e. The number of nitrogens with zero attached hydrogens (tertiary/aromatic N) is 1. The number of methoxy groups -OCH3 is 1. The van der Waals surface area contributed by atoms with Gasteiger partial charge in [-0.25, -0.2) is 8.78 Å². The summed E-state index contributed by atoms with van der Waals surface area (Å²) in [5.41, 5.74) is -0.917. The van der Waals surface area contributed by atoms with Crippen molar-refractivity contribution in [2.24, 2.45) is 0 Å². The highest BCUT2D eigenvalue weighted by molar-refractivity contribution is 5.40. The summed E-state index contributed by atoms with van der Waals surface area (Å²) >= 11 is 0. The number of benzene rings is 1. The molecular weight excluding hydrogens is 280 g/mol. The number of hydrogen-bond donors (Lipinski definition) is 1. The molecular formula is C15H19F2NO3. The van der Waals surface area contributed by atoms with Crippen molar-refractivity contribution in [1.29, 1.82) is 0 Å². The standard InChI is InChI=1S/C15H19F2NO3/c1-18-9-5-15(19,6-10(18)8-21-7-9)11-3-12(16)13(17)4-14(11)20-2/h3-4,9-10,19H,5-8H2,1-2H3. The molecule has 116 valence electrons. The smallest absolute Gasteiger partial charge is 0.162 e. The van der Waals surface area contributed by atoms with Crippen LogP contribution in [-0.2, 0) is 10.3 Å². The van der Waals surface area contributed by atoms with Gasteiger partial charge in [-0.15, -0.1) is 0 Å². The van der Waals surface area contributed by atoms with Crippen LogP contribution < -0.4 is 4.74 Å². The van der Waals surface area contributed by atoms with Crippen molar-refractivity contribution in [3.05, 3.63) is 29.3 Å². The summed E-state index contributed by atoms with van der Waals surface area (Å²) in [4.78, 5) is 2.18. The SMILES string of the molecule is COc1cc(F)c(F)cc1C1(O)CC2COCC(C1)N2C. The number of halogens is 2. The van der Waals surface area contributed by atoms with Crippen molar-refractivity contribution in [2.75, 3.05) is 27.4 Å². The summed E-state index contributed by atoms with van der Waals surface area (Å²) in [6, 6.07) is 2.16. The van der Waals surface area contributed by atoms with Crippen LogP contribution in [0.5, 0.6) is 5.75 Å². The Bertz CT molecular complexity index is 538. The van der Waals surface area contributed by atoms with Crippen molar-refractivity contribution in [1.82, 2.24) is 4.90 Å². The third-order valence-electron chi connectivity index (χ3n) is 4.66. The van der Waals surface area contributed by atoms with E-state index < -0.39 is 17.2 Å². The first-order valence-corrected chi connectivity index (χ1v) is 7.00. The zero-order valence-corrected chi connectivity index (χ0v) is 12.1. The normalized spacial score (nSPS) is 33.0. The largest absolute Gasteiger partial charge is 0.496 e. The van der Waals surface area contributed by atoms with E-state index >= 15 is 0 Å². The minimum absolute atomic E-state index is 0.0559. The lowest BCUT2D eigenvalue weighted by Crippen LogP contribution is -2.59. The van der Waals surface area contributed by atoms with Gasteiger partial charge in [-0.2, -0.15) is 0 Å². The van der Waals surface area contributed by atoms with Crippen molar-refractivity contribution in [3.8, 4) is 5.75 Å². The lowest BCUT2D eigenvalue weighted by Gasteiger charge is -2.50. The summed E-state index contributed by atoms with van der Waals surface area (Å²) < 4.78 is 37.6. The Morgan fingerprint density at radius 1 is 1.24 bits per heavy atom. The van der Waals surface area contributed by atoms with Gasteiger partial charge in [-0.3, -0.25) is 4.90 Å². The average molecular weight is 299 g/mol. The third kappa shape index (κ3) is 2.41. The number of hydrogen-bond acceptors (Lipinski definition) is 4. The van der Waals surface area contributed by atoms with E-state index in [1.807, 2.05) is 7.05 Å². The lowest BCUT2D eigenvalue weighted by atomic mass is 9.76. The summed E-state index contributed by atoms with van der Waals surface area (Å²) in [6.45, 7) is 1.06. The van der Waals surface area contributed by atoms with E-state index in [2.05, 4.69) is 4.90 Å². The summed E-state index contributed by atoms with van der Waals surface area (Å²) in [5.74, 6) is -1.77. The fourth-order valence-electron chi connectivity index (χ4n) is 3.42. The summed E-state index contributed by atoms with van der Waals surface area (Å²) in [7, 11) is 3.39. The Hall–Kier alpha value is -1.24. The molecule has 0 radical (unpaired) electrons. The van der Waals surface area contributed by atoms with Crippen LogP contribution in [0.2, 0.25) is 0 Å². The maximum atomic E-state index is 13.6. The Labute approximate surface area is 122 Å². The molecule has 2 aliphatic heterocycles. The molecule has 0 spiro atoms. The first kappa shape index (κ1) is 14.7. The van der Waals surface area contributed by atoms with Crippen LogP contribution in [0.1, 0.15) is 18.4 Å². The zero-order valence-electron chi connectivity index (χ0n) is 12.1. The van der Waals surface area contributed by atoms with E-state index in [1.54, 1.807) is 0 Å². The van der Waals surface area contributed by atoms with Gasteiger partial charge in [0.15, 0.2) is 11.6 Å². The van der Waals surface area contributed by atoms with E-state index in [4.69, 9.17) is 9.47 Å². The monoisotopic (exact) mass is 299 g/mol. The van der Waals surface area contributed by atoms with Crippen LogP contribution >= 0.6 is 0 Å². The van der Waals surface area contributed by atoms with E-state index in [-0.39, 0.29) is 17.8 Å². The number of rotatable bonds is 2. The van der Waals surface area contributed by atoms with Crippen molar-refractivity contribution in [3.63, 3.8) is 0 Å².